The first-order valence-corrected chi connectivity index (χ1v) is 10.3. The Hall–Kier alpha value is -2.70. The molecule has 1 aliphatic heterocycles. The minimum absolute atomic E-state index is 0.143. The second-order valence-electron chi connectivity index (χ2n) is 8.23. The van der Waals surface area contributed by atoms with E-state index in [1.807, 2.05) is 15.8 Å². The fraction of sp³-hybridized carbons (Fsp3) is 0.500. The molecule has 0 saturated heterocycles. The van der Waals surface area contributed by atoms with Crippen molar-refractivity contribution < 1.29 is 19.1 Å². The molecule has 4 rings (SSSR count). The Morgan fingerprint density at radius 2 is 1.86 bits per heavy atom. The number of hydrogen-bond acceptors (Lipinski definition) is 3. The second-order valence-corrected chi connectivity index (χ2v) is 8.23. The van der Waals surface area contributed by atoms with Crippen LogP contribution in [0.15, 0.2) is 30.5 Å². The minimum atomic E-state index is -0.715. The van der Waals surface area contributed by atoms with Crippen LogP contribution in [0.3, 0.4) is 0 Å². The molecule has 1 saturated carbocycles. The van der Waals surface area contributed by atoms with E-state index in [9.17, 15) is 14.0 Å². The maximum atomic E-state index is 13.1. The van der Waals surface area contributed by atoms with E-state index in [0.29, 0.717) is 38.9 Å². The number of aliphatic carboxylic acids is 1. The quantitative estimate of drug-likeness (QED) is 0.838. The lowest BCUT2D eigenvalue weighted by atomic mass is 9.80. The van der Waals surface area contributed by atoms with Crippen LogP contribution in [-0.2, 0) is 29.1 Å². The summed E-state index contributed by atoms with van der Waals surface area (Å²) in [5.74, 6) is -0.801. The number of benzene rings is 1. The molecule has 2 aliphatic rings. The van der Waals surface area contributed by atoms with E-state index in [1.54, 1.807) is 12.1 Å². The van der Waals surface area contributed by atoms with E-state index in [-0.39, 0.29) is 23.6 Å². The third-order valence-electron chi connectivity index (χ3n) is 6.28. The van der Waals surface area contributed by atoms with Crippen LogP contribution in [0.2, 0.25) is 0 Å². The highest BCUT2D eigenvalue weighted by Crippen LogP contribution is 2.32. The molecule has 0 unspecified atom stereocenters. The summed E-state index contributed by atoms with van der Waals surface area (Å²) in [6.07, 6.45) is 6.11. The van der Waals surface area contributed by atoms with Gasteiger partial charge in [0, 0.05) is 13.0 Å². The SMILES string of the molecule is O=C(C[C@H]1CC[C@H](C(=O)O)CC1)N1CCc2cnn(Cc3ccc(F)cc3)c2C1. The van der Waals surface area contributed by atoms with Crippen LogP contribution in [-0.4, -0.2) is 38.2 Å². The monoisotopic (exact) mass is 399 g/mol. The molecule has 29 heavy (non-hydrogen) atoms. The number of fused-ring (bicyclic) bond motifs is 1. The highest BCUT2D eigenvalue weighted by molar-refractivity contribution is 5.77. The normalized spacial score (nSPS) is 21.6. The zero-order chi connectivity index (χ0) is 20.4. The van der Waals surface area contributed by atoms with E-state index in [0.717, 1.165) is 36.1 Å². The van der Waals surface area contributed by atoms with Gasteiger partial charge in [-0.15, -0.1) is 0 Å². The van der Waals surface area contributed by atoms with E-state index in [2.05, 4.69) is 5.10 Å². The smallest absolute Gasteiger partial charge is 0.306 e. The summed E-state index contributed by atoms with van der Waals surface area (Å²) in [6.45, 7) is 1.79. The number of carboxylic acids is 1. The average molecular weight is 399 g/mol. The summed E-state index contributed by atoms with van der Waals surface area (Å²) < 4.78 is 15.0. The summed E-state index contributed by atoms with van der Waals surface area (Å²) in [6, 6.07) is 6.39. The molecule has 6 nitrogen and oxygen atoms in total. The summed E-state index contributed by atoms with van der Waals surface area (Å²) in [4.78, 5) is 25.9. The number of carbonyl (C=O) groups excluding carboxylic acids is 1. The number of halogens is 1. The highest BCUT2D eigenvalue weighted by atomic mass is 19.1. The summed E-state index contributed by atoms with van der Waals surface area (Å²) >= 11 is 0. The molecule has 1 aromatic heterocycles. The number of hydrogen-bond donors (Lipinski definition) is 1. The van der Waals surface area contributed by atoms with Crippen LogP contribution in [0.5, 0.6) is 0 Å². The van der Waals surface area contributed by atoms with Crippen molar-refractivity contribution in [3.8, 4) is 0 Å². The fourth-order valence-corrected chi connectivity index (χ4v) is 4.46. The number of amides is 1. The summed E-state index contributed by atoms with van der Waals surface area (Å²) in [5.41, 5.74) is 3.18. The summed E-state index contributed by atoms with van der Waals surface area (Å²) in [5, 5.41) is 13.6. The Morgan fingerprint density at radius 1 is 1.14 bits per heavy atom. The molecular formula is C22H26FN3O3. The molecular weight excluding hydrogens is 373 g/mol. The molecule has 0 radical (unpaired) electrons. The van der Waals surface area contributed by atoms with Crippen LogP contribution in [0.1, 0.15) is 48.9 Å². The van der Waals surface area contributed by atoms with Gasteiger partial charge in [-0.05, 0) is 61.3 Å². The van der Waals surface area contributed by atoms with Gasteiger partial charge in [0.25, 0.3) is 0 Å². The second kappa shape index (κ2) is 8.35. The third kappa shape index (κ3) is 4.49. The van der Waals surface area contributed by atoms with Gasteiger partial charge in [-0.3, -0.25) is 14.3 Å². The zero-order valence-electron chi connectivity index (χ0n) is 16.4. The number of rotatable bonds is 5. The van der Waals surface area contributed by atoms with Crippen molar-refractivity contribution in [3.63, 3.8) is 0 Å². The molecule has 1 aliphatic carbocycles. The number of nitrogens with zero attached hydrogens (tertiary/aromatic N) is 3. The van der Waals surface area contributed by atoms with Crippen molar-refractivity contribution >= 4 is 11.9 Å². The Morgan fingerprint density at radius 3 is 2.55 bits per heavy atom. The fourth-order valence-electron chi connectivity index (χ4n) is 4.46. The molecule has 1 fully saturated rings. The van der Waals surface area contributed by atoms with Crippen LogP contribution >= 0.6 is 0 Å². The molecule has 154 valence electrons. The van der Waals surface area contributed by atoms with E-state index < -0.39 is 5.97 Å². The predicted molar refractivity (Wildman–Crippen MR) is 105 cm³/mol. The lowest BCUT2D eigenvalue weighted by molar-refractivity contribution is -0.143. The Bertz CT molecular complexity index is 885. The number of carbonyl (C=O) groups is 2. The molecule has 2 aromatic rings. The van der Waals surface area contributed by atoms with Gasteiger partial charge in [0.05, 0.1) is 30.9 Å². The molecule has 1 aromatic carbocycles. The number of aromatic nitrogens is 2. The largest absolute Gasteiger partial charge is 0.481 e. The van der Waals surface area contributed by atoms with E-state index in [1.165, 1.54) is 12.1 Å². The number of carboxylic acid groups (broad SMARTS) is 1. The molecule has 7 heteroatoms. The standard InChI is InChI=1S/C22H26FN3O3/c23-19-7-3-16(4-8-19)13-26-20-14-25(10-9-18(20)12-24-26)21(27)11-15-1-5-17(6-2-15)22(28)29/h3-4,7-8,12,15,17H,1-2,5-6,9-11,13-14H2,(H,28,29)/t15-,17-. The Balaban J connectivity index is 1.37. The van der Waals surface area contributed by atoms with Gasteiger partial charge in [-0.2, -0.15) is 5.10 Å². The van der Waals surface area contributed by atoms with Crippen molar-refractivity contribution in [2.75, 3.05) is 6.54 Å². The molecule has 2 heterocycles. The lowest BCUT2D eigenvalue weighted by Crippen LogP contribution is -2.38. The topological polar surface area (TPSA) is 75.4 Å². The Kier molecular flexibility index (Phi) is 5.65. The van der Waals surface area contributed by atoms with Gasteiger partial charge in [0.1, 0.15) is 5.82 Å². The highest BCUT2D eigenvalue weighted by Gasteiger charge is 2.30. The first-order chi connectivity index (χ1) is 14.0. The van der Waals surface area contributed by atoms with Crippen LogP contribution < -0.4 is 0 Å². The third-order valence-corrected chi connectivity index (χ3v) is 6.28. The molecule has 0 spiro atoms. The van der Waals surface area contributed by atoms with Gasteiger partial charge in [0.2, 0.25) is 5.91 Å². The van der Waals surface area contributed by atoms with Crippen molar-refractivity contribution in [3.05, 3.63) is 53.1 Å². The lowest BCUT2D eigenvalue weighted by Gasteiger charge is -2.31. The Labute approximate surface area is 169 Å². The van der Waals surface area contributed by atoms with Gasteiger partial charge in [0.15, 0.2) is 0 Å². The van der Waals surface area contributed by atoms with Crippen molar-refractivity contribution in [1.82, 2.24) is 14.7 Å². The van der Waals surface area contributed by atoms with Crippen LogP contribution in [0, 0.1) is 17.7 Å². The summed E-state index contributed by atoms with van der Waals surface area (Å²) in [7, 11) is 0. The molecule has 1 amide bonds. The average Bonchev–Trinajstić information content (AvgIpc) is 3.12. The van der Waals surface area contributed by atoms with Gasteiger partial charge in [-0.1, -0.05) is 12.1 Å². The van der Waals surface area contributed by atoms with E-state index in [4.69, 9.17) is 5.11 Å². The van der Waals surface area contributed by atoms with Crippen molar-refractivity contribution in [2.24, 2.45) is 11.8 Å². The van der Waals surface area contributed by atoms with Gasteiger partial charge in [-0.25, -0.2) is 4.39 Å². The van der Waals surface area contributed by atoms with Crippen LogP contribution in [0.25, 0.3) is 0 Å². The molecule has 0 atom stereocenters. The maximum Gasteiger partial charge on any atom is 0.306 e. The van der Waals surface area contributed by atoms with Crippen molar-refractivity contribution in [2.45, 2.75) is 51.6 Å². The minimum Gasteiger partial charge on any atom is -0.481 e. The maximum absolute atomic E-state index is 13.1. The first kappa shape index (κ1) is 19.6. The van der Waals surface area contributed by atoms with Crippen molar-refractivity contribution in [1.29, 1.82) is 0 Å². The zero-order valence-corrected chi connectivity index (χ0v) is 16.4. The van der Waals surface area contributed by atoms with Gasteiger partial charge >= 0.3 is 5.97 Å². The molecule has 1 N–H and O–H groups in total. The van der Waals surface area contributed by atoms with Gasteiger partial charge < -0.3 is 10.0 Å². The molecule has 0 bridgehead atoms. The predicted octanol–water partition coefficient (Wildman–Crippen LogP) is 3.24. The first-order valence-electron chi connectivity index (χ1n) is 10.3. The van der Waals surface area contributed by atoms with Crippen LogP contribution in [0.4, 0.5) is 4.39 Å². The van der Waals surface area contributed by atoms with E-state index >= 15 is 0 Å².